The third-order valence-corrected chi connectivity index (χ3v) is 8.39. The Labute approximate surface area is 247 Å². The Hall–Kier alpha value is -5.94. The van der Waals surface area contributed by atoms with Crippen LogP contribution in [0.1, 0.15) is 0 Å². The van der Waals surface area contributed by atoms with Crippen LogP contribution in [0.25, 0.3) is 71.9 Å². The number of rotatable bonds is 4. The van der Waals surface area contributed by atoms with Gasteiger partial charge in [-0.2, -0.15) is 5.10 Å². The molecule has 0 aliphatic rings. The molecule has 0 atom stereocenters. The monoisotopic (exact) mass is 551 g/mol. The lowest BCUT2D eigenvalue weighted by Crippen LogP contribution is -1.99. The topological polar surface area (TPSA) is 40.6 Å². The number of fused-ring (bicyclic) bond motifs is 6. The van der Waals surface area contributed by atoms with Crippen molar-refractivity contribution in [2.75, 3.05) is 0 Å². The molecular formula is C38H25N5. The van der Waals surface area contributed by atoms with Crippen LogP contribution in [0.2, 0.25) is 0 Å². The molecule has 5 heteroatoms. The Morgan fingerprint density at radius 3 is 2.00 bits per heavy atom. The number of hydrogen-bond acceptors (Lipinski definition) is 2. The quantitative estimate of drug-likeness (QED) is 0.219. The van der Waals surface area contributed by atoms with Crippen molar-refractivity contribution in [1.29, 1.82) is 0 Å². The second-order valence-electron chi connectivity index (χ2n) is 10.8. The second-order valence-corrected chi connectivity index (χ2v) is 10.8. The minimum atomic E-state index is 0.927. The van der Waals surface area contributed by atoms with Crippen molar-refractivity contribution >= 4 is 43.7 Å². The van der Waals surface area contributed by atoms with Gasteiger partial charge in [0.1, 0.15) is 5.65 Å². The van der Waals surface area contributed by atoms with E-state index in [1.54, 1.807) is 0 Å². The summed E-state index contributed by atoms with van der Waals surface area (Å²) < 4.78 is 6.50. The van der Waals surface area contributed by atoms with Gasteiger partial charge in [0.05, 0.1) is 40.3 Å². The summed E-state index contributed by atoms with van der Waals surface area (Å²) in [5.41, 5.74) is 9.85. The molecule has 9 aromatic rings. The molecular weight excluding hydrogens is 526 g/mol. The fourth-order valence-electron chi connectivity index (χ4n) is 6.46. The van der Waals surface area contributed by atoms with Crippen molar-refractivity contribution in [3.63, 3.8) is 0 Å². The molecule has 0 aliphatic carbocycles. The number of nitrogens with zero attached hydrogens (tertiary/aromatic N) is 5. The van der Waals surface area contributed by atoms with Gasteiger partial charge in [-0.05, 0) is 59.7 Å². The number of pyridine rings is 1. The van der Waals surface area contributed by atoms with Gasteiger partial charge in [0, 0.05) is 33.4 Å². The van der Waals surface area contributed by atoms with Crippen molar-refractivity contribution in [3.8, 4) is 28.2 Å². The average molecular weight is 552 g/mol. The van der Waals surface area contributed by atoms with Gasteiger partial charge in [-0.15, -0.1) is 0 Å². The maximum atomic E-state index is 4.82. The molecule has 0 aliphatic heterocycles. The molecule has 5 aromatic carbocycles. The van der Waals surface area contributed by atoms with Crippen LogP contribution in [0.5, 0.6) is 0 Å². The van der Waals surface area contributed by atoms with Gasteiger partial charge >= 0.3 is 0 Å². The summed E-state index contributed by atoms with van der Waals surface area (Å²) in [4.78, 5) is 4.73. The van der Waals surface area contributed by atoms with E-state index in [0.717, 1.165) is 33.6 Å². The molecule has 43 heavy (non-hydrogen) atoms. The molecule has 0 unspecified atom stereocenters. The van der Waals surface area contributed by atoms with Crippen LogP contribution in [0, 0.1) is 0 Å². The Morgan fingerprint density at radius 1 is 0.442 bits per heavy atom. The second kappa shape index (κ2) is 9.29. The lowest BCUT2D eigenvalue weighted by molar-refractivity contribution is 0.878. The first-order valence-corrected chi connectivity index (χ1v) is 14.4. The predicted octanol–water partition coefficient (Wildman–Crippen LogP) is 9.13. The largest absolute Gasteiger partial charge is 0.309 e. The lowest BCUT2D eigenvalue weighted by atomic mass is 10.0. The highest BCUT2D eigenvalue weighted by Crippen LogP contribution is 2.35. The summed E-state index contributed by atoms with van der Waals surface area (Å²) in [6.07, 6.45) is 5.85. The SMILES string of the molecule is c1ccc(-c2ccc3c4ccccc4n(-c4cccc(-n5cc(-n6c7ccccc7c7cccnc76)cn5)c4)c3c2)cc1. The fourth-order valence-corrected chi connectivity index (χ4v) is 6.46. The first-order valence-electron chi connectivity index (χ1n) is 14.4. The Kier molecular flexibility index (Phi) is 5.13. The molecule has 0 spiro atoms. The third kappa shape index (κ3) is 3.65. The maximum Gasteiger partial charge on any atom is 0.145 e. The van der Waals surface area contributed by atoms with Gasteiger partial charge < -0.3 is 4.57 Å². The molecule has 9 rings (SSSR count). The van der Waals surface area contributed by atoms with Gasteiger partial charge in [-0.25, -0.2) is 9.67 Å². The Morgan fingerprint density at radius 2 is 1.14 bits per heavy atom. The van der Waals surface area contributed by atoms with Crippen LogP contribution in [0.3, 0.4) is 0 Å². The van der Waals surface area contributed by atoms with Crippen LogP contribution in [0.15, 0.2) is 152 Å². The highest BCUT2D eigenvalue weighted by molar-refractivity contribution is 6.10. The van der Waals surface area contributed by atoms with Gasteiger partial charge in [0.25, 0.3) is 0 Å². The number of benzene rings is 5. The van der Waals surface area contributed by atoms with Crippen LogP contribution in [-0.4, -0.2) is 23.9 Å². The molecule has 0 saturated carbocycles. The zero-order valence-corrected chi connectivity index (χ0v) is 23.2. The summed E-state index contributed by atoms with van der Waals surface area (Å²) in [6, 6.07) is 47.1. The van der Waals surface area contributed by atoms with Crippen LogP contribution < -0.4 is 0 Å². The summed E-state index contributed by atoms with van der Waals surface area (Å²) in [6.45, 7) is 0. The standard InChI is InChI=1S/C38H25N5/c1-2-10-26(11-3-1)27-19-20-33-31-14-4-6-17-35(31)42(37(33)22-27)29-13-8-12-28(23-29)41-25-30(24-40-41)43-36-18-7-5-15-32(36)34-16-9-21-39-38(34)43/h1-25H. The Bertz CT molecular complexity index is 2410. The molecule has 4 heterocycles. The van der Waals surface area contributed by atoms with Crippen molar-refractivity contribution in [3.05, 3.63) is 152 Å². The van der Waals surface area contributed by atoms with Gasteiger partial charge in [-0.1, -0.05) is 84.9 Å². The highest BCUT2D eigenvalue weighted by atomic mass is 15.3. The van der Waals surface area contributed by atoms with Crippen LogP contribution in [-0.2, 0) is 0 Å². The molecule has 202 valence electrons. The summed E-state index contributed by atoms with van der Waals surface area (Å²) >= 11 is 0. The average Bonchev–Trinajstić information content (AvgIpc) is 3.78. The normalized spacial score (nSPS) is 11.7. The highest BCUT2D eigenvalue weighted by Gasteiger charge is 2.16. The van der Waals surface area contributed by atoms with E-state index in [-0.39, 0.29) is 0 Å². The van der Waals surface area contributed by atoms with Crippen molar-refractivity contribution in [1.82, 2.24) is 23.9 Å². The molecule has 4 aromatic heterocycles. The van der Waals surface area contributed by atoms with Gasteiger partial charge in [0.2, 0.25) is 0 Å². The van der Waals surface area contributed by atoms with Gasteiger partial charge in [0.15, 0.2) is 0 Å². The molecule has 0 bridgehead atoms. The van der Waals surface area contributed by atoms with E-state index < -0.39 is 0 Å². The summed E-state index contributed by atoms with van der Waals surface area (Å²) in [5, 5.41) is 9.61. The zero-order valence-electron chi connectivity index (χ0n) is 23.2. The molecule has 0 saturated heterocycles. The molecule has 5 nitrogen and oxygen atoms in total. The van der Waals surface area contributed by atoms with E-state index in [4.69, 9.17) is 10.1 Å². The first-order chi connectivity index (χ1) is 21.3. The fraction of sp³-hybridized carbons (Fsp3) is 0. The smallest absolute Gasteiger partial charge is 0.145 e. The summed E-state index contributed by atoms with van der Waals surface area (Å²) in [7, 11) is 0. The van der Waals surface area contributed by atoms with E-state index in [1.807, 2.05) is 23.1 Å². The van der Waals surface area contributed by atoms with Crippen LogP contribution >= 0.6 is 0 Å². The van der Waals surface area contributed by atoms with E-state index in [9.17, 15) is 0 Å². The zero-order chi connectivity index (χ0) is 28.3. The maximum absolute atomic E-state index is 4.82. The van der Waals surface area contributed by atoms with E-state index in [2.05, 4.69) is 143 Å². The van der Waals surface area contributed by atoms with Crippen molar-refractivity contribution in [2.45, 2.75) is 0 Å². The molecule has 0 N–H and O–H groups in total. The first kappa shape index (κ1) is 23.7. The van der Waals surface area contributed by atoms with Crippen LogP contribution in [0.4, 0.5) is 0 Å². The molecule has 0 amide bonds. The number of para-hydroxylation sites is 2. The lowest BCUT2D eigenvalue weighted by Gasteiger charge is -2.11. The summed E-state index contributed by atoms with van der Waals surface area (Å²) in [5.74, 6) is 0. The van der Waals surface area contributed by atoms with E-state index >= 15 is 0 Å². The van der Waals surface area contributed by atoms with E-state index in [0.29, 0.717) is 0 Å². The Balaban J connectivity index is 1.20. The van der Waals surface area contributed by atoms with Crippen molar-refractivity contribution in [2.24, 2.45) is 0 Å². The molecule has 0 fully saturated rings. The predicted molar refractivity (Wildman–Crippen MR) is 175 cm³/mol. The minimum absolute atomic E-state index is 0.927. The minimum Gasteiger partial charge on any atom is -0.309 e. The van der Waals surface area contributed by atoms with Gasteiger partial charge in [-0.3, -0.25) is 4.57 Å². The number of hydrogen-bond donors (Lipinski definition) is 0. The number of aromatic nitrogens is 5. The molecule has 0 radical (unpaired) electrons. The van der Waals surface area contributed by atoms with E-state index in [1.165, 1.54) is 38.3 Å². The third-order valence-electron chi connectivity index (χ3n) is 8.39. The van der Waals surface area contributed by atoms with Crippen molar-refractivity contribution < 1.29 is 0 Å².